The highest BCUT2D eigenvalue weighted by atomic mass is 19.1. The van der Waals surface area contributed by atoms with E-state index < -0.39 is 0 Å². The molecule has 0 atom stereocenters. The first-order chi connectivity index (χ1) is 8.66. The quantitative estimate of drug-likeness (QED) is 0.799. The molecular weight excluding hydrogens is 229 g/mol. The van der Waals surface area contributed by atoms with Crippen molar-refractivity contribution in [1.29, 1.82) is 0 Å². The lowest BCUT2D eigenvalue weighted by Gasteiger charge is -2.23. The largest absolute Gasteiger partial charge is 0.298 e. The lowest BCUT2D eigenvalue weighted by atomic mass is 10.1. The van der Waals surface area contributed by atoms with Gasteiger partial charge in [0.1, 0.15) is 5.82 Å². The van der Waals surface area contributed by atoms with Crippen LogP contribution in [0.4, 0.5) is 4.39 Å². The summed E-state index contributed by atoms with van der Waals surface area (Å²) in [4.78, 5) is 14.0. The average molecular weight is 249 g/mol. The molecule has 2 nitrogen and oxygen atoms in total. The molecule has 0 N–H and O–H groups in total. The maximum Gasteiger partial charge on any atom is 0.151 e. The first-order valence-electron chi connectivity index (χ1n) is 6.62. The lowest BCUT2D eigenvalue weighted by molar-refractivity contribution is -0.119. The van der Waals surface area contributed by atoms with Gasteiger partial charge in [0.2, 0.25) is 0 Å². The number of nitrogens with zero attached hydrogens (tertiary/aromatic N) is 1. The Morgan fingerprint density at radius 3 is 2.67 bits per heavy atom. The Hall–Kier alpha value is -1.22. The van der Waals surface area contributed by atoms with E-state index in [2.05, 4.69) is 4.90 Å². The van der Waals surface area contributed by atoms with Gasteiger partial charge in [0.15, 0.2) is 5.78 Å². The van der Waals surface area contributed by atoms with E-state index in [1.165, 1.54) is 31.7 Å². The number of carbonyl (C=O) groups excluding carboxylic acids is 1. The monoisotopic (exact) mass is 249 g/mol. The van der Waals surface area contributed by atoms with Crippen molar-refractivity contribution in [1.82, 2.24) is 4.90 Å². The van der Waals surface area contributed by atoms with Crippen molar-refractivity contribution in [2.24, 2.45) is 0 Å². The van der Waals surface area contributed by atoms with Crippen LogP contribution >= 0.6 is 0 Å². The third-order valence-electron chi connectivity index (χ3n) is 3.72. The maximum absolute atomic E-state index is 13.4. The minimum absolute atomic E-state index is 0.0921. The third-order valence-corrected chi connectivity index (χ3v) is 3.72. The number of hydrogen-bond donors (Lipinski definition) is 0. The van der Waals surface area contributed by atoms with Crippen LogP contribution in [-0.2, 0) is 11.2 Å². The van der Waals surface area contributed by atoms with Gasteiger partial charge in [-0.25, -0.2) is 4.39 Å². The second kappa shape index (κ2) is 6.10. The summed E-state index contributed by atoms with van der Waals surface area (Å²) in [5, 5.41) is 0. The second-order valence-electron chi connectivity index (χ2n) is 5.16. The molecule has 0 aromatic heterocycles. The maximum atomic E-state index is 13.4. The molecule has 1 saturated carbocycles. The number of hydrogen-bond acceptors (Lipinski definition) is 2. The summed E-state index contributed by atoms with van der Waals surface area (Å²) in [7, 11) is 2.00. The zero-order valence-corrected chi connectivity index (χ0v) is 10.9. The van der Waals surface area contributed by atoms with Crippen LogP contribution in [0.1, 0.15) is 31.2 Å². The van der Waals surface area contributed by atoms with E-state index in [9.17, 15) is 9.18 Å². The predicted octanol–water partition coefficient (Wildman–Crippen LogP) is 2.81. The number of carbonyl (C=O) groups is 1. The molecule has 0 bridgehead atoms. The van der Waals surface area contributed by atoms with Crippen LogP contribution in [0.5, 0.6) is 0 Å². The molecule has 1 fully saturated rings. The molecule has 98 valence electrons. The number of halogens is 1. The topological polar surface area (TPSA) is 20.3 Å². The number of Topliss-reactive ketones (excluding diaryl/α,β-unsaturated/α-hetero) is 1. The number of benzene rings is 1. The van der Waals surface area contributed by atoms with E-state index in [-0.39, 0.29) is 18.0 Å². The van der Waals surface area contributed by atoms with E-state index in [1.807, 2.05) is 7.05 Å². The number of likely N-dealkylation sites (N-methyl/N-ethyl adjacent to an activating group) is 1. The van der Waals surface area contributed by atoms with Crippen LogP contribution in [-0.4, -0.2) is 30.3 Å². The summed E-state index contributed by atoms with van der Waals surface area (Å²) in [6.45, 7) is 0.430. The Morgan fingerprint density at radius 2 is 2.00 bits per heavy atom. The van der Waals surface area contributed by atoms with Gasteiger partial charge in [0, 0.05) is 12.5 Å². The fraction of sp³-hybridized carbons (Fsp3) is 0.533. The molecule has 0 saturated heterocycles. The van der Waals surface area contributed by atoms with Crippen molar-refractivity contribution in [2.45, 2.75) is 38.1 Å². The lowest BCUT2D eigenvalue weighted by Crippen LogP contribution is -2.34. The minimum atomic E-state index is -0.283. The fourth-order valence-electron chi connectivity index (χ4n) is 2.66. The molecule has 1 aromatic rings. The summed E-state index contributed by atoms with van der Waals surface area (Å²) >= 11 is 0. The normalized spacial score (nSPS) is 16.4. The Kier molecular flexibility index (Phi) is 4.48. The summed E-state index contributed by atoms with van der Waals surface area (Å²) in [5.74, 6) is -0.191. The van der Waals surface area contributed by atoms with Crippen molar-refractivity contribution in [2.75, 3.05) is 13.6 Å². The van der Waals surface area contributed by atoms with Crippen LogP contribution < -0.4 is 0 Å². The Bertz CT molecular complexity index is 413. The standard InChI is InChI=1S/C15H20FNO/c1-17(13-7-3-4-8-13)11-14(18)10-12-6-2-5-9-15(12)16/h2,5-6,9,13H,3-4,7-8,10-11H2,1H3. The molecular formula is C15H20FNO. The van der Waals surface area contributed by atoms with Gasteiger partial charge in [-0.3, -0.25) is 9.69 Å². The molecule has 0 unspecified atom stereocenters. The fourth-order valence-corrected chi connectivity index (χ4v) is 2.66. The van der Waals surface area contributed by atoms with E-state index >= 15 is 0 Å². The van der Waals surface area contributed by atoms with Gasteiger partial charge in [-0.15, -0.1) is 0 Å². The molecule has 1 aromatic carbocycles. The van der Waals surface area contributed by atoms with Gasteiger partial charge >= 0.3 is 0 Å². The zero-order chi connectivity index (χ0) is 13.0. The highest BCUT2D eigenvalue weighted by Crippen LogP contribution is 2.22. The van der Waals surface area contributed by atoms with Crippen molar-refractivity contribution in [3.05, 3.63) is 35.6 Å². The minimum Gasteiger partial charge on any atom is -0.298 e. The van der Waals surface area contributed by atoms with Crippen molar-refractivity contribution in [3.63, 3.8) is 0 Å². The summed E-state index contributed by atoms with van der Waals surface area (Å²) in [5.41, 5.74) is 0.502. The van der Waals surface area contributed by atoms with Gasteiger partial charge in [0.05, 0.1) is 6.54 Å². The smallest absolute Gasteiger partial charge is 0.151 e. The Balaban J connectivity index is 1.86. The third kappa shape index (κ3) is 3.39. The van der Waals surface area contributed by atoms with Crippen molar-refractivity contribution >= 4 is 5.78 Å². The first-order valence-corrected chi connectivity index (χ1v) is 6.62. The Labute approximate surface area is 108 Å². The van der Waals surface area contributed by atoms with Crippen molar-refractivity contribution < 1.29 is 9.18 Å². The number of ketones is 1. The van der Waals surface area contributed by atoms with Crippen LogP contribution in [0.3, 0.4) is 0 Å². The highest BCUT2D eigenvalue weighted by Gasteiger charge is 2.21. The van der Waals surface area contributed by atoms with Crippen LogP contribution in [0.2, 0.25) is 0 Å². The van der Waals surface area contributed by atoms with Crippen LogP contribution in [0.15, 0.2) is 24.3 Å². The highest BCUT2D eigenvalue weighted by molar-refractivity contribution is 5.82. The molecule has 0 radical (unpaired) electrons. The summed E-state index contributed by atoms with van der Waals surface area (Å²) in [6, 6.07) is 7.04. The molecule has 1 aliphatic carbocycles. The molecule has 0 heterocycles. The zero-order valence-electron chi connectivity index (χ0n) is 10.9. The predicted molar refractivity (Wildman–Crippen MR) is 70.0 cm³/mol. The van der Waals surface area contributed by atoms with Gasteiger partial charge in [-0.1, -0.05) is 31.0 Å². The molecule has 2 rings (SSSR count). The van der Waals surface area contributed by atoms with Crippen LogP contribution in [0.25, 0.3) is 0 Å². The average Bonchev–Trinajstić information content (AvgIpc) is 2.85. The second-order valence-corrected chi connectivity index (χ2v) is 5.16. The van der Waals surface area contributed by atoms with E-state index in [4.69, 9.17) is 0 Å². The summed E-state index contributed by atoms with van der Waals surface area (Å²) < 4.78 is 13.4. The number of rotatable bonds is 5. The van der Waals surface area contributed by atoms with Gasteiger partial charge in [-0.05, 0) is 31.5 Å². The molecule has 0 spiro atoms. The van der Waals surface area contributed by atoms with Gasteiger partial charge in [-0.2, -0.15) is 0 Å². The van der Waals surface area contributed by atoms with Crippen molar-refractivity contribution in [3.8, 4) is 0 Å². The van der Waals surface area contributed by atoms with E-state index in [0.29, 0.717) is 18.2 Å². The Morgan fingerprint density at radius 1 is 1.33 bits per heavy atom. The molecule has 3 heteroatoms. The first kappa shape index (κ1) is 13.2. The molecule has 0 amide bonds. The van der Waals surface area contributed by atoms with Crippen LogP contribution in [0, 0.1) is 5.82 Å². The van der Waals surface area contributed by atoms with Gasteiger partial charge < -0.3 is 0 Å². The van der Waals surface area contributed by atoms with E-state index in [1.54, 1.807) is 18.2 Å². The van der Waals surface area contributed by atoms with E-state index in [0.717, 1.165) is 0 Å². The molecule has 0 aliphatic heterocycles. The SMILES string of the molecule is CN(CC(=O)Cc1ccccc1F)C1CCCC1. The molecule has 1 aliphatic rings. The molecule has 18 heavy (non-hydrogen) atoms. The van der Waals surface area contributed by atoms with Gasteiger partial charge in [0.25, 0.3) is 0 Å². The summed E-state index contributed by atoms with van der Waals surface area (Å²) in [6.07, 6.45) is 5.09.